The monoisotopic (exact) mass is 436 g/mol. The van der Waals surface area contributed by atoms with E-state index in [9.17, 15) is 13.2 Å². The maximum atomic E-state index is 12.7. The lowest BCUT2D eigenvalue weighted by molar-refractivity contribution is -0.122. The first-order valence-electron chi connectivity index (χ1n) is 10.1. The van der Waals surface area contributed by atoms with Gasteiger partial charge in [0.1, 0.15) is 5.75 Å². The van der Waals surface area contributed by atoms with E-state index in [0.717, 1.165) is 34.6 Å². The van der Waals surface area contributed by atoms with Crippen LogP contribution in [0.1, 0.15) is 13.8 Å². The predicted molar refractivity (Wildman–Crippen MR) is 123 cm³/mol. The second-order valence-electron chi connectivity index (χ2n) is 7.49. The van der Waals surface area contributed by atoms with Crippen molar-refractivity contribution in [3.05, 3.63) is 66.7 Å². The Bertz CT molecular complexity index is 1370. The number of aryl methyl sites for hydroxylation is 1. The molecule has 0 aliphatic rings. The summed E-state index contributed by atoms with van der Waals surface area (Å²) in [7, 11) is -3.28. The Labute approximate surface area is 181 Å². The van der Waals surface area contributed by atoms with Crippen molar-refractivity contribution in [1.82, 2.24) is 4.57 Å². The van der Waals surface area contributed by atoms with Crippen LogP contribution in [0.25, 0.3) is 21.8 Å². The van der Waals surface area contributed by atoms with Crippen LogP contribution < -0.4 is 10.1 Å². The molecule has 0 radical (unpaired) electrons. The molecule has 6 nitrogen and oxygen atoms in total. The van der Waals surface area contributed by atoms with Gasteiger partial charge in [0.15, 0.2) is 15.9 Å². The van der Waals surface area contributed by atoms with Crippen LogP contribution in [0, 0.1) is 0 Å². The summed E-state index contributed by atoms with van der Waals surface area (Å²) in [4.78, 5) is 12.9. The Morgan fingerprint density at radius 3 is 2.35 bits per heavy atom. The van der Waals surface area contributed by atoms with Gasteiger partial charge in [0.2, 0.25) is 0 Å². The van der Waals surface area contributed by atoms with Gasteiger partial charge in [-0.1, -0.05) is 18.2 Å². The van der Waals surface area contributed by atoms with Gasteiger partial charge in [-0.15, -0.1) is 0 Å². The predicted octanol–water partition coefficient (Wildman–Crippen LogP) is 4.62. The van der Waals surface area contributed by atoms with Gasteiger partial charge in [-0.2, -0.15) is 0 Å². The number of aromatic nitrogens is 1. The zero-order chi connectivity index (χ0) is 22.2. The highest BCUT2D eigenvalue weighted by molar-refractivity contribution is 7.90. The smallest absolute Gasteiger partial charge is 0.265 e. The van der Waals surface area contributed by atoms with Crippen LogP contribution in [-0.4, -0.2) is 31.3 Å². The molecule has 3 aromatic carbocycles. The van der Waals surface area contributed by atoms with Crippen LogP contribution in [0.3, 0.4) is 0 Å². The number of nitrogens with one attached hydrogen (secondary N) is 1. The minimum absolute atomic E-state index is 0.205. The SMILES string of the molecule is CCn1c2ccccc2c2cc(NC(=O)C(C)Oc3ccc(S(C)(=O)=O)cc3)ccc21. The Morgan fingerprint density at radius 2 is 1.68 bits per heavy atom. The van der Waals surface area contributed by atoms with Gasteiger partial charge in [-0.3, -0.25) is 4.79 Å². The molecule has 1 amide bonds. The highest BCUT2D eigenvalue weighted by Gasteiger charge is 2.17. The molecule has 1 unspecified atom stereocenters. The summed E-state index contributed by atoms with van der Waals surface area (Å²) in [6.07, 6.45) is 0.394. The maximum absolute atomic E-state index is 12.7. The van der Waals surface area contributed by atoms with Gasteiger partial charge >= 0.3 is 0 Å². The first-order chi connectivity index (χ1) is 14.8. The normalized spacial score (nSPS) is 12.7. The molecule has 0 aliphatic carbocycles. The standard InChI is InChI=1S/C24H24N2O4S/c1-4-26-22-8-6-5-7-20(22)21-15-17(9-14-23(21)26)25-24(27)16(2)30-18-10-12-19(13-11-18)31(3,28)29/h5-16H,4H2,1-3H3,(H,25,27). The molecule has 4 aromatic rings. The second kappa shape index (κ2) is 8.07. The highest BCUT2D eigenvalue weighted by atomic mass is 32.2. The Kier molecular flexibility index (Phi) is 5.45. The first kappa shape index (κ1) is 20.9. The van der Waals surface area contributed by atoms with Crippen molar-refractivity contribution in [2.24, 2.45) is 0 Å². The fourth-order valence-electron chi connectivity index (χ4n) is 3.74. The van der Waals surface area contributed by atoms with Crippen molar-refractivity contribution >= 4 is 43.2 Å². The molecule has 0 spiro atoms. The zero-order valence-electron chi connectivity index (χ0n) is 17.6. The fourth-order valence-corrected chi connectivity index (χ4v) is 4.37. The Balaban J connectivity index is 1.53. The molecular weight excluding hydrogens is 412 g/mol. The van der Waals surface area contributed by atoms with Crippen molar-refractivity contribution < 1.29 is 17.9 Å². The van der Waals surface area contributed by atoms with E-state index < -0.39 is 15.9 Å². The number of anilines is 1. The summed E-state index contributed by atoms with van der Waals surface area (Å²) in [5, 5.41) is 5.14. The van der Waals surface area contributed by atoms with Crippen LogP contribution in [-0.2, 0) is 21.2 Å². The van der Waals surface area contributed by atoms with E-state index in [1.165, 1.54) is 12.1 Å². The van der Waals surface area contributed by atoms with Crippen LogP contribution >= 0.6 is 0 Å². The largest absolute Gasteiger partial charge is 0.481 e. The van der Waals surface area contributed by atoms with Gasteiger partial charge in [-0.05, 0) is 62.4 Å². The van der Waals surface area contributed by atoms with Crippen molar-refractivity contribution in [3.8, 4) is 5.75 Å². The molecule has 1 N–H and O–H groups in total. The molecule has 31 heavy (non-hydrogen) atoms. The number of carbonyl (C=O) groups excluding carboxylic acids is 1. The molecule has 1 aromatic heterocycles. The highest BCUT2D eigenvalue weighted by Crippen LogP contribution is 2.31. The molecule has 1 atom stereocenters. The molecule has 160 valence electrons. The third kappa shape index (κ3) is 4.14. The molecular formula is C24H24N2O4S. The third-order valence-corrected chi connectivity index (χ3v) is 6.42. The summed E-state index contributed by atoms with van der Waals surface area (Å²) < 4.78 is 31.1. The molecule has 0 saturated carbocycles. The number of carbonyl (C=O) groups is 1. The van der Waals surface area contributed by atoms with Gasteiger partial charge in [-0.25, -0.2) is 8.42 Å². The van der Waals surface area contributed by atoms with Crippen molar-refractivity contribution in [1.29, 1.82) is 0 Å². The van der Waals surface area contributed by atoms with E-state index in [-0.39, 0.29) is 10.8 Å². The number of hydrogen-bond donors (Lipinski definition) is 1. The molecule has 4 rings (SSSR count). The number of hydrogen-bond acceptors (Lipinski definition) is 4. The quantitative estimate of drug-likeness (QED) is 0.478. The van der Waals surface area contributed by atoms with E-state index in [2.05, 4.69) is 28.9 Å². The molecule has 1 heterocycles. The summed E-state index contributed by atoms with van der Waals surface area (Å²) in [5.41, 5.74) is 2.98. The Morgan fingerprint density at radius 1 is 1.00 bits per heavy atom. The number of ether oxygens (including phenoxy) is 1. The first-order valence-corrected chi connectivity index (χ1v) is 12.0. The number of rotatable bonds is 6. The second-order valence-corrected chi connectivity index (χ2v) is 9.50. The summed E-state index contributed by atoms with van der Waals surface area (Å²) >= 11 is 0. The average molecular weight is 437 g/mol. The lowest BCUT2D eigenvalue weighted by Gasteiger charge is -2.15. The third-order valence-electron chi connectivity index (χ3n) is 5.29. The van der Waals surface area contributed by atoms with Crippen LogP contribution in [0.4, 0.5) is 5.69 Å². The Hall–Kier alpha value is -3.32. The zero-order valence-corrected chi connectivity index (χ0v) is 18.4. The van der Waals surface area contributed by atoms with E-state index >= 15 is 0 Å². The minimum atomic E-state index is -3.28. The summed E-state index contributed by atoms with van der Waals surface area (Å²) in [5.74, 6) is 0.141. The maximum Gasteiger partial charge on any atom is 0.265 e. The van der Waals surface area contributed by atoms with E-state index in [4.69, 9.17) is 4.74 Å². The molecule has 0 saturated heterocycles. The van der Waals surface area contributed by atoms with Gasteiger partial charge in [0.05, 0.1) is 4.90 Å². The number of benzene rings is 3. The van der Waals surface area contributed by atoms with Gasteiger partial charge in [0.25, 0.3) is 5.91 Å². The molecule has 7 heteroatoms. The topological polar surface area (TPSA) is 77.4 Å². The molecule has 0 aliphatic heterocycles. The average Bonchev–Trinajstić information content (AvgIpc) is 3.06. The number of fused-ring (bicyclic) bond motifs is 3. The fraction of sp³-hybridized carbons (Fsp3) is 0.208. The van der Waals surface area contributed by atoms with Gasteiger partial charge < -0.3 is 14.6 Å². The van der Waals surface area contributed by atoms with E-state index in [0.29, 0.717) is 11.4 Å². The molecule has 0 bridgehead atoms. The lowest BCUT2D eigenvalue weighted by Crippen LogP contribution is -2.30. The van der Waals surface area contributed by atoms with Crippen molar-refractivity contribution in [2.75, 3.05) is 11.6 Å². The van der Waals surface area contributed by atoms with Crippen LogP contribution in [0.2, 0.25) is 0 Å². The minimum Gasteiger partial charge on any atom is -0.481 e. The van der Waals surface area contributed by atoms with Crippen molar-refractivity contribution in [2.45, 2.75) is 31.4 Å². The molecule has 0 fully saturated rings. The number of nitrogens with zero attached hydrogens (tertiary/aromatic N) is 1. The van der Waals surface area contributed by atoms with E-state index in [1.54, 1.807) is 19.1 Å². The van der Waals surface area contributed by atoms with Crippen molar-refractivity contribution in [3.63, 3.8) is 0 Å². The van der Waals surface area contributed by atoms with Crippen LogP contribution in [0.15, 0.2) is 71.6 Å². The number of para-hydroxylation sites is 1. The van der Waals surface area contributed by atoms with Crippen LogP contribution in [0.5, 0.6) is 5.75 Å². The summed E-state index contributed by atoms with van der Waals surface area (Å²) in [6.45, 7) is 4.63. The number of sulfone groups is 1. The lowest BCUT2D eigenvalue weighted by atomic mass is 10.1. The van der Waals surface area contributed by atoms with E-state index in [1.807, 2.05) is 30.3 Å². The van der Waals surface area contributed by atoms with Gasteiger partial charge in [0, 0.05) is 40.3 Å². The summed E-state index contributed by atoms with van der Waals surface area (Å²) in [6, 6.07) is 20.1. The number of amides is 1.